The van der Waals surface area contributed by atoms with Gasteiger partial charge in [-0.3, -0.25) is 0 Å². The van der Waals surface area contributed by atoms with Crippen molar-refractivity contribution >= 4 is 45.9 Å². The molecule has 0 radical (unpaired) electrons. The molecule has 7 rings (SSSR count). The molecule has 38 heavy (non-hydrogen) atoms. The van der Waals surface area contributed by atoms with Crippen LogP contribution in [0.4, 0.5) is 17.1 Å². The Labute approximate surface area is 224 Å². The molecule has 4 heteroatoms. The highest BCUT2D eigenvalue weighted by Crippen LogP contribution is 2.44. The summed E-state index contributed by atoms with van der Waals surface area (Å²) in [4.78, 5) is 0. The van der Waals surface area contributed by atoms with Crippen LogP contribution in [0.3, 0.4) is 0 Å². The van der Waals surface area contributed by atoms with Crippen LogP contribution in [0.5, 0.6) is 0 Å². The molecule has 3 nitrogen and oxygen atoms in total. The van der Waals surface area contributed by atoms with Crippen LogP contribution in [-0.4, -0.2) is 13.2 Å². The Kier molecular flexibility index (Phi) is 5.45. The minimum Gasteiger partial charge on any atom is -0.240 e. The van der Waals surface area contributed by atoms with E-state index in [4.69, 9.17) is 0 Å². The Bertz CT molecular complexity index is 1530. The molecule has 0 aliphatic carbocycles. The van der Waals surface area contributed by atoms with Crippen LogP contribution in [0.15, 0.2) is 164 Å². The lowest BCUT2D eigenvalue weighted by atomic mass is 10.2. The summed E-state index contributed by atoms with van der Waals surface area (Å²) in [6.07, 6.45) is 8.38. The molecule has 2 aliphatic heterocycles. The molecule has 0 saturated carbocycles. The molecule has 0 unspecified atom stereocenters. The van der Waals surface area contributed by atoms with E-state index in [-0.39, 0.29) is 0 Å². The number of hydrogen-bond acceptors (Lipinski definition) is 3. The number of benzene rings is 5. The van der Waals surface area contributed by atoms with Crippen molar-refractivity contribution in [1.29, 1.82) is 0 Å². The average Bonchev–Trinajstić information content (AvgIpc) is 3.34. The van der Waals surface area contributed by atoms with E-state index in [9.17, 15) is 0 Å². The van der Waals surface area contributed by atoms with Crippen LogP contribution in [-0.2, 0) is 0 Å². The fraction of sp³-hybridized carbons (Fsp3) is 0. The first-order valence-electron chi connectivity index (χ1n) is 13.0. The highest BCUT2D eigenvalue weighted by atomic mass is 28.3. The molecule has 0 spiro atoms. The second-order valence-electron chi connectivity index (χ2n) is 9.55. The minimum atomic E-state index is -2.61. The fourth-order valence-corrected chi connectivity index (χ4v) is 10.7. The number of fused-ring (bicyclic) bond motifs is 3. The molecule has 0 saturated heterocycles. The summed E-state index contributed by atoms with van der Waals surface area (Å²) in [6.45, 7) is 0. The largest absolute Gasteiger partial charge is 0.240 e. The number of para-hydroxylation sites is 2. The topological polar surface area (TPSA) is 9.72 Å². The fourth-order valence-electron chi connectivity index (χ4n) is 5.89. The minimum absolute atomic E-state index is 1.14. The SMILES string of the molecule is C1=CN2c3ccccc3N(c3cccc([Si](c4ccccc4)(c4ccccc4)c4ccccc4)c3)N2C=C1. The number of rotatable bonds is 5. The van der Waals surface area contributed by atoms with Gasteiger partial charge in [0.2, 0.25) is 0 Å². The smallest absolute Gasteiger partial charge is 0.179 e. The molecule has 0 bridgehead atoms. The van der Waals surface area contributed by atoms with Crippen molar-refractivity contribution in [2.45, 2.75) is 0 Å². The van der Waals surface area contributed by atoms with Crippen molar-refractivity contribution in [2.24, 2.45) is 0 Å². The summed E-state index contributed by atoms with van der Waals surface area (Å²) in [7, 11) is -2.61. The molecule has 2 heterocycles. The van der Waals surface area contributed by atoms with Gasteiger partial charge in [0.1, 0.15) is 0 Å². The highest BCUT2D eigenvalue weighted by Gasteiger charge is 2.42. The van der Waals surface area contributed by atoms with Crippen LogP contribution in [0, 0.1) is 0 Å². The van der Waals surface area contributed by atoms with E-state index in [1.165, 1.54) is 20.7 Å². The molecule has 5 aromatic rings. The molecule has 2 aliphatic rings. The van der Waals surface area contributed by atoms with Crippen molar-refractivity contribution in [3.05, 3.63) is 164 Å². The zero-order valence-corrected chi connectivity index (χ0v) is 21.9. The molecule has 0 N–H and O–H groups in total. The van der Waals surface area contributed by atoms with Gasteiger partial charge < -0.3 is 0 Å². The Balaban J connectivity index is 1.49. The van der Waals surface area contributed by atoms with E-state index >= 15 is 0 Å². The van der Waals surface area contributed by atoms with Crippen molar-refractivity contribution in [3.8, 4) is 0 Å². The van der Waals surface area contributed by atoms with Crippen LogP contribution in [0.1, 0.15) is 0 Å². The monoisotopic (exact) mass is 505 g/mol. The third-order valence-corrected chi connectivity index (χ3v) is 12.3. The molecule has 0 amide bonds. The summed E-state index contributed by atoms with van der Waals surface area (Å²) < 4.78 is 0. The first kappa shape index (κ1) is 22.4. The maximum atomic E-state index is 2.41. The van der Waals surface area contributed by atoms with Crippen LogP contribution in [0.25, 0.3) is 0 Å². The van der Waals surface area contributed by atoms with Crippen molar-refractivity contribution in [2.75, 3.05) is 10.0 Å². The Morgan fingerprint density at radius 3 is 1.53 bits per heavy atom. The van der Waals surface area contributed by atoms with Gasteiger partial charge in [0, 0.05) is 12.4 Å². The quantitative estimate of drug-likeness (QED) is 0.240. The molecule has 0 atom stereocenters. The summed E-state index contributed by atoms with van der Waals surface area (Å²) in [5, 5.41) is 12.2. The highest BCUT2D eigenvalue weighted by molar-refractivity contribution is 7.19. The van der Waals surface area contributed by atoms with Gasteiger partial charge in [0.05, 0.1) is 17.1 Å². The number of hydrogen-bond donors (Lipinski definition) is 0. The molecule has 5 aromatic carbocycles. The van der Waals surface area contributed by atoms with Gasteiger partial charge in [-0.25, -0.2) is 10.0 Å². The molecule has 0 aromatic heterocycles. The molecular weight excluding hydrogens is 478 g/mol. The van der Waals surface area contributed by atoms with E-state index in [2.05, 4.69) is 179 Å². The van der Waals surface area contributed by atoms with Crippen LogP contribution in [0.2, 0.25) is 0 Å². The number of anilines is 3. The molecular formula is C34H27N3Si. The third-order valence-electron chi connectivity index (χ3n) is 7.48. The Hall–Kier alpha value is -4.80. The predicted molar refractivity (Wildman–Crippen MR) is 161 cm³/mol. The van der Waals surface area contributed by atoms with Crippen LogP contribution >= 0.6 is 0 Å². The lowest BCUT2D eigenvalue weighted by Gasteiger charge is -2.37. The van der Waals surface area contributed by atoms with Crippen molar-refractivity contribution < 1.29 is 0 Å². The first-order valence-corrected chi connectivity index (χ1v) is 15.0. The zero-order chi connectivity index (χ0) is 25.4. The number of hydrazine groups is 2. The zero-order valence-electron chi connectivity index (χ0n) is 20.9. The maximum Gasteiger partial charge on any atom is 0.179 e. The summed E-state index contributed by atoms with van der Waals surface area (Å²) >= 11 is 0. The van der Waals surface area contributed by atoms with E-state index in [1.807, 2.05) is 0 Å². The summed E-state index contributed by atoms with van der Waals surface area (Å²) in [6, 6.07) is 51.0. The second kappa shape index (κ2) is 9.25. The van der Waals surface area contributed by atoms with E-state index in [1.54, 1.807) is 0 Å². The van der Waals surface area contributed by atoms with Gasteiger partial charge in [0.25, 0.3) is 0 Å². The van der Waals surface area contributed by atoms with Crippen LogP contribution < -0.4 is 30.8 Å². The average molecular weight is 506 g/mol. The van der Waals surface area contributed by atoms with Gasteiger partial charge in [0.15, 0.2) is 8.07 Å². The maximum absolute atomic E-state index is 2.61. The van der Waals surface area contributed by atoms with Crippen molar-refractivity contribution in [3.63, 3.8) is 0 Å². The van der Waals surface area contributed by atoms with Gasteiger partial charge in [-0.1, -0.05) is 115 Å². The molecule has 182 valence electrons. The van der Waals surface area contributed by atoms with Gasteiger partial charge >= 0.3 is 0 Å². The van der Waals surface area contributed by atoms with E-state index in [0.29, 0.717) is 0 Å². The standard InChI is InChI=1S/C34H27N3Si/c1-4-16-29(17-5-1)38(30-18-6-2-7-19-30,31-20-8-3-9-21-31)32-22-14-15-28(27-32)37-34-24-11-10-23-33(34)35-25-12-13-26-36(35)37/h1-27H. The van der Waals surface area contributed by atoms with E-state index in [0.717, 1.165) is 17.1 Å². The summed E-state index contributed by atoms with van der Waals surface area (Å²) in [5.74, 6) is 0. The molecule has 0 fully saturated rings. The normalized spacial score (nSPS) is 13.9. The Morgan fingerprint density at radius 2 is 0.921 bits per heavy atom. The predicted octanol–water partition coefficient (Wildman–Crippen LogP) is 5.20. The number of nitrogens with zero attached hydrogens (tertiary/aromatic N) is 3. The van der Waals surface area contributed by atoms with Crippen molar-refractivity contribution in [1.82, 2.24) is 5.12 Å². The Morgan fingerprint density at radius 1 is 0.421 bits per heavy atom. The second-order valence-corrected chi connectivity index (χ2v) is 13.4. The van der Waals surface area contributed by atoms with Gasteiger partial charge in [-0.2, -0.15) is 5.12 Å². The lowest BCUT2D eigenvalue weighted by molar-refractivity contribution is 0.408. The number of allylic oxidation sites excluding steroid dienone is 2. The lowest BCUT2D eigenvalue weighted by Crippen LogP contribution is -2.74. The summed E-state index contributed by atoms with van der Waals surface area (Å²) in [5.41, 5.74) is 3.46. The third kappa shape index (κ3) is 3.42. The van der Waals surface area contributed by atoms with Gasteiger partial charge in [-0.15, -0.1) is 0 Å². The van der Waals surface area contributed by atoms with E-state index < -0.39 is 8.07 Å². The first-order chi connectivity index (χ1) is 18.9. The van der Waals surface area contributed by atoms with Gasteiger partial charge in [-0.05, 0) is 57.2 Å².